The zero-order valence-electron chi connectivity index (χ0n) is 15.7. The zero-order chi connectivity index (χ0) is 19.5. The van der Waals surface area contributed by atoms with Crippen LogP contribution < -0.4 is 19.5 Å². The summed E-state index contributed by atoms with van der Waals surface area (Å²) < 4.78 is 22.1. The first kappa shape index (κ1) is 17.7. The molecule has 0 fully saturated rings. The largest absolute Gasteiger partial charge is 0.493 e. The van der Waals surface area contributed by atoms with Gasteiger partial charge in [0.1, 0.15) is 5.52 Å². The van der Waals surface area contributed by atoms with Crippen LogP contribution in [0.5, 0.6) is 17.2 Å². The Hall–Kier alpha value is -3.74. The van der Waals surface area contributed by atoms with Crippen molar-refractivity contribution in [1.29, 1.82) is 0 Å². The third-order valence-corrected chi connectivity index (χ3v) is 4.30. The van der Waals surface area contributed by atoms with E-state index in [0.717, 1.165) is 16.6 Å². The zero-order valence-corrected chi connectivity index (χ0v) is 15.7. The molecule has 1 N–H and O–H groups in total. The minimum Gasteiger partial charge on any atom is -0.493 e. The van der Waals surface area contributed by atoms with Crippen LogP contribution in [0.25, 0.3) is 22.2 Å². The summed E-state index contributed by atoms with van der Waals surface area (Å²) in [6.07, 6.45) is 3.53. The van der Waals surface area contributed by atoms with Gasteiger partial charge in [-0.05, 0) is 12.1 Å². The lowest BCUT2D eigenvalue weighted by molar-refractivity contribution is 0.324. The maximum absolute atomic E-state index is 6.00. The highest BCUT2D eigenvalue weighted by Gasteiger charge is 2.16. The number of methoxy groups -OCH3 is 3. The molecule has 0 aliphatic rings. The normalized spacial score (nSPS) is 10.7. The van der Waals surface area contributed by atoms with Gasteiger partial charge >= 0.3 is 0 Å². The number of hydrogen-bond acceptors (Lipinski definition) is 7. The molecule has 0 amide bonds. The Kier molecular flexibility index (Phi) is 4.72. The Morgan fingerprint density at radius 1 is 0.929 bits per heavy atom. The molecule has 0 spiro atoms. The molecule has 2 aromatic heterocycles. The first-order chi connectivity index (χ1) is 13.7. The average molecular weight is 377 g/mol. The van der Waals surface area contributed by atoms with Gasteiger partial charge in [-0.15, -0.1) is 0 Å². The molecule has 28 heavy (non-hydrogen) atoms. The highest BCUT2D eigenvalue weighted by Crippen LogP contribution is 2.41. The summed E-state index contributed by atoms with van der Waals surface area (Å²) in [6.45, 7) is 0. The van der Waals surface area contributed by atoms with Crippen molar-refractivity contribution >= 4 is 22.8 Å². The van der Waals surface area contributed by atoms with Crippen molar-refractivity contribution in [2.45, 2.75) is 0 Å². The number of anilines is 2. The predicted molar refractivity (Wildman–Crippen MR) is 107 cm³/mol. The first-order valence-corrected chi connectivity index (χ1v) is 8.60. The minimum atomic E-state index is 0.362. The second-order valence-corrected chi connectivity index (χ2v) is 5.95. The second-order valence-electron chi connectivity index (χ2n) is 5.95. The summed E-state index contributed by atoms with van der Waals surface area (Å²) in [5.41, 5.74) is 4.02. The van der Waals surface area contributed by atoms with E-state index >= 15 is 0 Å². The molecule has 0 bridgehead atoms. The molecule has 0 aliphatic carbocycles. The van der Waals surface area contributed by atoms with Gasteiger partial charge in [-0.1, -0.05) is 18.2 Å². The summed E-state index contributed by atoms with van der Waals surface area (Å²) in [7, 11) is 4.70. The number of oxazole rings is 1. The molecule has 0 radical (unpaired) electrons. The number of hydrogen-bond donors (Lipinski definition) is 1. The molecule has 7 heteroatoms. The third-order valence-electron chi connectivity index (χ3n) is 4.30. The Balaban J connectivity index is 1.73. The van der Waals surface area contributed by atoms with E-state index < -0.39 is 0 Å². The lowest BCUT2D eigenvalue weighted by Gasteiger charge is -2.14. The van der Waals surface area contributed by atoms with Gasteiger partial charge in [0.05, 0.1) is 21.3 Å². The number of fused-ring (bicyclic) bond motifs is 1. The van der Waals surface area contributed by atoms with Crippen LogP contribution >= 0.6 is 0 Å². The number of para-hydroxylation sites is 1. The molecule has 7 nitrogen and oxygen atoms in total. The highest BCUT2D eigenvalue weighted by atomic mass is 16.5. The van der Waals surface area contributed by atoms with Gasteiger partial charge in [0, 0.05) is 41.3 Å². The van der Waals surface area contributed by atoms with Gasteiger partial charge in [0.2, 0.25) is 5.75 Å². The third kappa shape index (κ3) is 3.18. The van der Waals surface area contributed by atoms with Gasteiger partial charge in [-0.2, -0.15) is 4.98 Å². The van der Waals surface area contributed by atoms with Crippen LogP contribution in [-0.4, -0.2) is 31.3 Å². The topological polar surface area (TPSA) is 78.6 Å². The molecule has 0 unspecified atom stereocenters. The number of ether oxygens (including phenoxy) is 3. The molecule has 0 saturated heterocycles. The fourth-order valence-electron chi connectivity index (χ4n) is 3.03. The van der Waals surface area contributed by atoms with E-state index in [0.29, 0.717) is 34.5 Å². The lowest BCUT2D eigenvalue weighted by atomic mass is 10.1. The van der Waals surface area contributed by atoms with Crippen molar-refractivity contribution in [2.75, 3.05) is 26.6 Å². The van der Waals surface area contributed by atoms with E-state index in [1.165, 1.54) is 0 Å². The van der Waals surface area contributed by atoms with Crippen molar-refractivity contribution in [1.82, 2.24) is 9.97 Å². The molecule has 0 saturated carbocycles. The monoisotopic (exact) mass is 377 g/mol. The summed E-state index contributed by atoms with van der Waals surface area (Å²) in [5, 5.41) is 3.16. The lowest BCUT2D eigenvalue weighted by Crippen LogP contribution is -1.97. The van der Waals surface area contributed by atoms with Crippen LogP contribution in [-0.2, 0) is 0 Å². The van der Waals surface area contributed by atoms with Crippen LogP contribution in [0.2, 0.25) is 0 Å². The minimum absolute atomic E-state index is 0.362. The van der Waals surface area contributed by atoms with Crippen molar-refractivity contribution in [3.05, 3.63) is 54.9 Å². The number of pyridine rings is 1. The maximum atomic E-state index is 6.00. The van der Waals surface area contributed by atoms with Crippen LogP contribution in [0.1, 0.15) is 0 Å². The Morgan fingerprint density at radius 3 is 2.36 bits per heavy atom. The van der Waals surface area contributed by atoms with E-state index in [1.807, 2.05) is 30.3 Å². The summed E-state index contributed by atoms with van der Waals surface area (Å²) in [6, 6.07) is 13.6. The molecule has 2 aromatic carbocycles. The number of nitrogens with zero attached hydrogens (tertiary/aromatic N) is 2. The molecule has 142 valence electrons. The molecule has 0 atom stereocenters. The Morgan fingerprint density at radius 2 is 1.71 bits per heavy atom. The van der Waals surface area contributed by atoms with Gasteiger partial charge < -0.3 is 23.9 Å². The summed E-state index contributed by atoms with van der Waals surface area (Å²) in [4.78, 5) is 8.72. The van der Waals surface area contributed by atoms with Crippen LogP contribution in [0.4, 0.5) is 11.7 Å². The van der Waals surface area contributed by atoms with Gasteiger partial charge in [0.15, 0.2) is 17.1 Å². The van der Waals surface area contributed by atoms with Crippen molar-refractivity contribution in [3.8, 4) is 28.4 Å². The van der Waals surface area contributed by atoms with E-state index in [4.69, 9.17) is 18.6 Å². The van der Waals surface area contributed by atoms with Crippen LogP contribution in [0.15, 0.2) is 59.3 Å². The van der Waals surface area contributed by atoms with Gasteiger partial charge in [-0.3, -0.25) is 4.98 Å². The van der Waals surface area contributed by atoms with Crippen molar-refractivity contribution in [2.24, 2.45) is 0 Å². The van der Waals surface area contributed by atoms with Gasteiger partial charge in [0.25, 0.3) is 6.01 Å². The molecule has 0 aliphatic heterocycles. The molecule has 4 aromatic rings. The fraction of sp³-hybridized carbons (Fsp3) is 0.143. The SMILES string of the molecule is COc1cc(Nc2nc3cccc(-c4cccnc4)c3o2)cc(OC)c1OC. The fourth-order valence-corrected chi connectivity index (χ4v) is 3.03. The second kappa shape index (κ2) is 7.48. The quantitative estimate of drug-likeness (QED) is 0.523. The smallest absolute Gasteiger partial charge is 0.300 e. The van der Waals surface area contributed by atoms with Crippen molar-refractivity contribution < 1.29 is 18.6 Å². The standard InChI is InChI=1S/C21H19N3O4/c1-25-17-10-14(11-18(26-2)20(17)27-3)23-21-24-16-8-4-7-15(19(16)28-21)13-6-5-9-22-12-13/h4-12H,1-3H3,(H,23,24). The van der Waals surface area contributed by atoms with Crippen molar-refractivity contribution in [3.63, 3.8) is 0 Å². The first-order valence-electron chi connectivity index (χ1n) is 8.60. The average Bonchev–Trinajstić information content (AvgIpc) is 3.15. The molecule has 4 rings (SSSR count). The number of aromatic nitrogens is 2. The van der Waals surface area contributed by atoms with E-state index in [1.54, 1.807) is 45.9 Å². The Labute approximate surface area is 161 Å². The molecular weight excluding hydrogens is 358 g/mol. The van der Waals surface area contributed by atoms with E-state index in [-0.39, 0.29) is 0 Å². The Bertz CT molecular complexity index is 1080. The number of benzene rings is 2. The summed E-state index contributed by atoms with van der Waals surface area (Å²) >= 11 is 0. The van der Waals surface area contributed by atoms with Crippen LogP contribution in [0, 0.1) is 0 Å². The molecule has 2 heterocycles. The van der Waals surface area contributed by atoms with Gasteiger partial charge in [-0.25, -0.2) is 0 Å². The highest BCUT2D eigenvalue weighted by molar-refractivity contribution is 5.91. The van der Waals surface area contributed by atoms with E-state index in [9.17, 15) is 0 Å². The number of rotatable bonds is 6. The summed E-state index contributed by atoms with van der Waals surface area (Å²) in [5.74, 6) is 1.60. The number of nitrogens with one attached hydrogen (secondary N) is 1. The molecular formula is C21H19N3O4. The van der Waals surface area contributed by atoms with Crippen LogP contribution in [0.3, 0.4) is 0 Å². The predicted octanol–water partition coefficient (Wildman–Crippen LogP) is 4.66. The van der Waals surface area contributed by atoms with E-state index in [2.05, 4.69) is 15.3 Å². The maximum Gasteiger partial charge on any atom is 0.300 e.